The quantitative estimate of drug-likeness (QED) is 0.290. The molecule has 0 aliphatic heterocycles. The molecule has 160 valence electrons. The predicted octanol–water partition coefficient (Wildman–Crippen LogP) is 4.59. The van der Waals surface area contributed by atoms with Crippen LogP contribution in [0.15, 0.2) is 83.2 Å². The van der Waals surface area contributed by atoms with E-state index in [0.717, 1.165) is 5.56 Å². The van der Waals surface area contributed by atoms with E-state index in [-0.39, 0.29) is 22.8 Å². The molecule has 4 aromatic rings. The predicted molar refractivity (Wildman–Crippen MR) is 119 cm³/mol. The van der Waals surface area contributed by atoms with Crippen LogP contribution in [0.4, 0.5) is 15.9 Å². The Morgan fingerprint density at radius 3 is 2.69 bits per heavy atom. The molecule has 0 amide bonds. The summed E-state index contributed by atoms with van der Waals surface area (Å²) in [5, 5.41) is 12.4. The molecule has 0 aliphatic rings. The number of hydrogen-bond donors (Lipinski definition) is 3. The number of anilines is 2. The number of aliphatic carboxylic acids is 1. The maximum Gasteiger partial charge on any atom is 0.352 e. The Kier molecular flexibility index (Phi) is 5.94. The zero-order chi connectivity index (χ0) is 22.5. The van der Waals surface area contributed by atoms with Crippen molar-refractivity contribution in [1.29, 1.82) is 0 Å². The van der Waals surface area contributed by atoms with Crippen LogP contribution in [0.2, 0.25) is 0 Å². The number of nitrogens with zero attached hydrogens (tertiary/aromatic N) is 2. The molecule has 4 rings (SSSR count). The monoisotopic (exact) mass is 430 g/mol. The molecule has 2 aromatic carbocycles. The van der Waals surface area contributed by atoms with E-state index in [1.807, 2.05) is 30.3 Å². The largest absolute Gasteiger partial charge is 0.477 e. The number of halogens is 1. The molecule has 2 aromatic heterocycles. The number of aromatic nitrogens is 2. The Labute approximate surface area is 183 Å². The average Bonchev–Trinajstić information content (AvgIpc) is 3.30. The van der Waals surface area contributed by atoms with Crippen LogP contribution in [0, 0.1) is 5.82 Å². The van der Waals surface area contributed by atoms with Crippen LogP contribution in [0.5, 0.6) is 0 Å². The smallest absolute Gasteiger partial charge is 0.352 e. The third-order valence-corrected chi connectivity index (χ3v) is 4.64. The first kappa shape index (κ1) is 20.8. The van der Waals surface area contributed by atoms with Gasteiger partial charge in [-0.3, -0.25) is 0 Å². The van der Waals surface area contributed by atoms with Gasteiger partial charge in [0.25, 0.3) is 0 Å². The fraction of sp³-hybridized carbons (Fsp3) is 0.0417. The van der Waals surface area contributed by atoms with Crippen molar-refractivity contribution >= 4 is 23.6 Å². The minimum atomic E-state index is -1.19. The van der Waals surface area contributed by atoms with Crippen molar-refractivity contribution in [2.24, 2.45) is 0 Å². The fourth-order valence-corrected chi connectivity index (χ4v) is 3.11. The molecule has 0 saturated heterocycles. The van der Waals surface area contributed by atoms with E-state index < -0.39 is 11.8 Å². The summed E-state index contributed by atoms with van der Waals surface area (Å²) in [6.45, 7) is 0. The lowest BCUT2D eigenvalue weighted by molar-refractivity contribution is -0.132. The third kappa shape index (κ3) is 4.81. The van der Waals surface area contributed by atoms with Crippen molar-refractivity contribution in [2.75, 3.05) is 11.1 Å². The van der Waals surface area contributed by atoms with E-state index in [2.05, 4.69) is 15.3 Å². The summed E-state index contributed by atoms with van der Waals surface area (Å²) in [6.07, 6.45) is 4.52. The van der Waals surface area contributed by atoms with E-state index in [1.54, 1.807) is 12.1 Å². The molecule has 0 atom stereocenters. The number of benzene rings is 2. The molecule has 0 saturated carbocycles. The van der Waals surface area contributed by atoms with Gasteiger partial charge < -0.3 is 20.6 Å². The summed E-state index contributed by atoms with van der Waals surface area (Å²) >= 11 is 0. The second-order valence-electron chi connectivity index (χ2n) is 6.96. The Hall–Kier alpha value is -4.46. The first-order valence-corrected chi connectivity index (χ1v) is 9.70. The van der Waals surface area contributed by atoms with Gasteiger partial charge in [0, 0.05) is 23.7 Å². The summed E-state index contributed by atoms with van der Waals surface area (Å²) < 4.78 is 19.6. The number of nitrogen functional groups attached to an aromatic ring is 1. The van der Waals surface area contributed by atoms with Crippen LogP contribution < -0.4 is 11.1 Å². The second kappa shape index (κ2) is 9.13. The first-order chi connectivity index (χ1) is 15.5. The van der Waals surface area contributed by atoms with Crippen LogP contribution in [0.3, 0.4) is 0 Å². The zero-order valence-corrected chi connectivity index (χ0v) is 16.8. The van der Waals surface area contributed by atoms with Crippen LogP contribution >= 0.6 is 0 Å². The lowest BCUT2D eigenvalue weighted by atomic mass is 10.1. The lowest BCUT2D eigenvalue weighted by Crippen LogP contribution is -2.14. The minimum absolute atomic E-state index is 0.147. The van der Waals surface area contributed by atoms with Crippen molar-refractivity contribution in [3.8, 4) is 11.3 Å². The average molecular weight is 430 g/mol. The highest BCUT2D eigenvalue weighted by molar-refractivity contribution is 5.95. The molecule has 2 heterocycles. The molecule has 0 aliphatic carbocycles. The van der Waals surface area contributed by atoms with Crippen LogP contribution in [-0.4, -0.2) is 21.0 Å². The number of hydrogen-bond acceptors (Lipinski definition) is 6. The van der Waals surface area contributed by atoms with Gasteiger partial charge in [0.2, 0.25) is 0 Å². The fourth-order valence-electron chi connectivity index (χ4n) is 3.11. The number of nitrogens with two attached hydrogens (primary N) is 1. The summed E-state index contributed by atoms with van der Waals surface area (Å²) in [7, 11) is 0. The van der Waals surface area contributed by atoms with E-state index in [9.17, 15) is 14.3 Å². The van der Waals surface area contributed by atoms with Crippen molar-refractivity contribution in [2.45, 2.75) is 6.42 Å². The topological polar surface area (TPSA) is 114 Å². The summed E-state index contributed by atoms with van der Waals surface area (Å²) in [6, 6.07) is 17.0. The van der Waals surface area contributed by atoms with Crippen molar-refractivity contribution in [3.63, 3.8) is 0 Å². The molecule has 7 nitrogen and oxygen atoms in total. The van der Waals surface area contributed by atoms with Crippen molar-refractivity contribution in [3.05, 3.63) is 102 Å². The molecular formula is C24H19FN4O3. The van der Waals surface area contributed by atoms with Gasteiger partial charge in [-0.2, -0.15) is 0 Å². The highest BCUT2D eigenvalue weighted by Gasteiger charge is 2.17. The number of carbonyl (C=O) groups is 1. The number of rotatable bonds is 7. The van der Waals surface area contributed by atoms with Gasteiger partial charge in [0.05, 0.1) is 23.8 Å². The highest BCUT2D eigenvalue weighted by atomic mass is 19.1. The maximum atomic E-state index is 14.4. The molecule has 0 spiro atoms. The molecule has 4 N–H and O–H groups in total. The van der Waals surface area contributed by atoms with Crippen molar-refractivity contribution < 1.29 is 18.7 Å². The SMILES string of the molecule is Nc1ccc(F)c(-c2cnc(N/C(=C\c3ccco3)C(=O)O)c(Cc3ccccc3)n2)c1. The Bertz CT molecular complexity index is 1270. The van der Waals surface area contributed by atoms with Gasteiger partial charge in [0.1, 0.15) is 17.3 Å². The van der Waals surface area contributed by atoms with E-state index in [1.165, 1.54) is 36.7 Å². The Balaban J connectivity index is 1.77. The third-order valence-electron chi connectivity index (χ3n) is 4.64. The molecule has 0 fully saturated rings. The van der Waals surface area contributed by atoms with E-state index >= 15 is 0 Å². The summed E-state index contributed by atoms with van der Waals surface area (Å²) in [5.74, 6) is -1.07. The molecule has 0 bridgehead atoms. The summed E-state index contributed by atoms with van der Waals surface area (Å²) in [4.78, 5) is 20.7. The number of nitrogens with one attached hydrogen (secondary N) is 1. The highest BCUT2D eigenvalue weighted by Crippen LogP contribution is 2.26. The van der Waals surface area contributed by atoms with Gasteiger partial charge in [0.15, 0.2) is 5.82 Å². The molecule has 32 heavy (non-hydrogen) atoms. The second-order valence-corrected chi connectivity index (χ2v) is 6.96. The van der Waals surface area contributed by atoms with Gasteiger partial charge in [-0.25, -0.2) is 19.2 Å². The van der Waals surface area contributed by atoms with Gasteiger partial charge >= 0.3 is 5.97 Å². The Morgan fingerprint density at radius 1 is 1.16 bits per heavy atom. The van der Waals surface area contributed by atoms with Gasteiger partial charge in [-0.05, 0) is 35.9 Å². The minimum Gasteiger partial charge on any atom is -0.477 e. The molecule has 8 heteroatoms. The maximum absolute atomic E-state index is 14.4. The number of carboxylic acid groups (broad SMARTS) is 1. The van der Waals surface area contributed by atoms with Crippen molar-refractivity contribution in [1.82, 2.24) is 9.97 Å². The lowest BCUT2D eigenvalue weighted by Gasteiger charge is -2.13. The van der Waals surface area contributed by atoms with Gasteiger partial charge in [-0.1, -0.05) is 30.3 Å². The van der Waals surface area contributed by atoms with E-state index in [0.29, 0.717) is 23.6 Å². The van der Waals surface area contributed by atoms with Crippen LogP contribution in [0.1, 0.15) is 17.0 Å². The van der Waals surface area contributed by atoms with Crippen LogP contribution in [0.25, 0.3) is 17.3 Å². The van der Waals surface area contributed by atoms with E-state index in [4.69, 9.17) is 10.2 Å². The zero-order valence-electron chi connectivity index (χ0n) is 16.8. The number of carboxylic acids is 1. The molecule has 0 unspecified atom stereocenters. The molecular weight excluding hydrogens is 411 g/mol. The first-order valence-electron chi connectivity index (χ1n) is 9.70. The Morgan fingerprint density at radius 2 is 1.97 bits per heavy atom. The number of furan rings is 1. The molecule has 0 radical (unpaired) electrons. The van der Waals surface area contributed by atoms with Crippen LogP contribution in [-0.2, 0) is 11.2 Å². The standard InChI is InChI=1S/C24H19FN4O3/c25-19-9-8-16(26)12-18(19)22-14-27-23(20(28-22)11-15-5-2-1-3-6-15)29-21(24(30)31)13-17-7-4-10-32-17/h1-10,12-14H,11,26H2,(H,27,29)(H,30,31)/b21-13-. The normalized spacial score (nSPS) is 11.3. The summed E-state index contributed by atoms with van der Waals surface area (Å²) in [5.41, 5.74) is 7.94. The van der Waals surface area contributed by atoms with Gasteiger partial charge in [-0.15, -0.1) is 0 Å².